The molecule has 0 atom stereocenters. The first-order chi connectivity index (χ1) is 13.0. The molecule has 0 heterocycles. The summed E-state index contributed by atoms with van der Waals surface area (Å²) in [7, 11) is 0. The first kappa shape index (κ1) is 19.0. The Kier molecular flexibility index (Phi) is 6.12. The maximum Gasteiger partial charge on any atom is 0.255 e. The first-order valence-electron chi connectivity index (χ1n) is 8.21. The van der Waals surface area contributed by atoms with Gasteiger partial charge in [0.2, 0.25) is 5.91 Å². The molecule has 0 unspecified atom stereocenters. The predicted molar refractivity (Wildman–Crippen MR) is 110 cm³/mol. The lowest BCUT2D eigenvalue weighted by Gasteiger charge is -2.09. The highest BCUT2D eigenvalue weighted by atomic mass is 35.5. The van der Waals surface area contributed by atoms with E-state index in [1.54, 1.807) is 42.5 Å². The Bertz CT molecular complexity index is 958. The minimum atomic E-state index is -0.304. The van der Waals surface area contributed by atoms with Crippen molar-refractivity contribution >= 4 is 46.4 Å². The van der Waals surface area contributed by atoms with Gasteiger partial charge in [-0.15, -0.1) is 0 Å². The van der Waals surface area contributed by atoms with Gasteiger partial charge in [-0.05, 0) is 48.0 Å². The van der Waals surface area contributed by atoms with Crippen molar-refractivity contribution in [1.82, 2.24) is 0 Å². The number of halogens is 2. The van der Waals surface area contributed by atoms with Crippen molar-refractivity contribution in [1.29, 1.82) is 0 Å². The maximum absolute atomic E-state index is 12.3. The highest BCUT2D eigenvalue weighted by Crippen LogP contribution is 2.26. The first-order valence-corrected chi connectivity index (χ1v) is 8.97. The third-order valence-electron chi connectivity index (χ3n) is 3.82. The molecule has 3 rings (SSSR count). The van der Waals surface area contributed by atoms with Crippen LogP contribution in [0.2, 0.25) is 10.0 Å². The van der Waals surface area contributed by atoms with Gasteiger partial charge in [0, 0.05) is 16.3 Å². The number of benzene rings is 3. The van der Waals surface area contributed by atoms with Gasteiger partial charge in [0.15, 0.2) is 0 Å². The summed E-state index contributed by atoms with van der Waals surface area (Å²) in [5.74, 6) is -0.423. The molecule has 3 aromatic rings. The van der Waals surface area contributed by atoms with E-state index in [1.807, 2.05) is 30.3 Å². The van der Waals surface area contributed by atoms with Crippen molar-refractivity contribution < 1.29 is 9.59 Å². The van der Waals surface area contributed by atoms with Crippen LogP contribution in [0.4, 0.5) is 11.4 Å². The number of amides is 2. The summed E-state index contributed by atoms with van der Waals surface area (Å²) in [5.41, 5.74) is 2.48. The zero-order valence-electron chi connectivity index (χ0n) is 14.2. The van der Waals surface area contributed by atoms with Crippen LogP contribution >= 0.6 is 23.2 Å². The highest BCUT2D eigenvalue weighted by Gasteiger charge is 2.10. The fourth-order valence-electron chi connectivity index (χ4n) is 2.48. The summed E-state index contributed by atoms with van der Waals surface area (Å²) in [6, 6.07) is 21.0. The number of hydrogen-bond acceptors (Lipinski definition) is 2. The van der Waals surface area contributed by atoms with E-state index < -0.39 is 0 Å². The fraction of sp³-hybridized carbons (Fsp3) is 0.0476. The molecule has 0 fully saturated rings. The average molecular weight is 399 g/mol. The monoisotopic (exact) mass is 398 g/mol. The summed E-state index contributed by atoms with van der Waals surface area (Å²) < 4.78 is 0. The number of carbonyl (C=O) groups excluding carboxylic acids is 2. The van der Waals surface area contributed by atoms with Crippen LogP contribution in [-0.2, 0) is 11.2 Å². The number of anilines is 2. The summed E-state index contributed by atoms with van der Waals surface area (Å²) >= 11 is 11.9. The summed E-state index contributed by atoms with van der Waals surface area (Å²) in [5, 5.41) is 6.40. The van der Waals surface area contributed by atoms with E-state index in [4.69, 9.17) is 23.2 Å². The Balaban J connectivity index is 1.61. The van der Waals surface area contributed by atoms with Crippen molar-refractivity contribution in [3.8, 4) is 0 Å². The molecule has 0 aliphatic rings. The Labute approximate surface area is 167 Å². The summed E-state index contributed by atoms with van der Waals surface area (Å²) in [6.45, 7) is 0. The minimum Gasteiger partial charge on any atom is -0.326 e. The van der Waals surface area contributed by atoms with Crippen LogP contribution in [0, 0.1) is 0 Å². The lowest BCUT2D eigenvalue weighted by Crippen LogP contribution is -2.15. The number of rotatable bonds is 5. The third-order valence-corrected chi connectivity index (χ3v) is 4.37. The molecule has 3 aromatic carbocycles. The average Bonchev–Trinajstić information content (AvgIpc) is 2.65. The molecule has 2 amide bonds. The number of hydrogen-bond donors (Lipinski definition) is 2. The van der Waals surface area contributed by atoms with Crippen LogP contribution in [0.25, 0.3) is 0 Å². The number of carbonyl (C=O) groups is 2. The van der Waals surface area contributed by atoms with Crippen LogP contribution in [0.5, 0.6) is 0 Å². The Morgan fingerprint density at radius 2 is 1.52 bits per heavy atom. The van der Waals surface area contributed by atoms with Crippen LogP contribution in [0.1, 0.15) is 15.9 Å². The molecule has 27 heavy (non-hydrogen) atoms. The van der Waals surface area contributed by atoms with Crippen molar-refractivity contribution in [2.24, 2.45) is 0 Å². The van der Waals surface area contributed by atoms with Crippen molar-refractivity contribution in [3.63, 3.8) is 0 Å². The molecular weight excluding hydrogens is 383 g/mol. The topological polar surface area (TPSA) is 58.2 Å². The second-order valence-electron chi connectivity index (χ2n) is 5.87. The summed E-state index contributed by atoms with van der Waals surface area (Å²) in [4.78, 5) is 24.4. The predicted octanol–water partition coefficient (Wildman–Crippen LogP) is 5.43. The van der Waals surface area contributed by atoms with E-state index in [-0.39, 0.29) is 18.2 Å². The van der Waals surface area contributed by atoms with Gasteiger partial charge in [-0.25, -0.2) is 0 Å². The fourth-order valence-corrected chi connectivity index (χ4v) is 2.93. The standard InChI is InChI=1S/C21H16Cl2N2O2/c22-16-8-11-19(18(23)13-16)25-21(27)15-6-9-17(10-7-15)24-20(26)12-14-4-2-1-3-5-14/h1-11,13H,12H2,(H,24,26)(H,25,27). The van der Waals surface area contributed by atoms with Gasteiger partial charge in [0.25, 0.3) is 5.91 Å². The molecule has 0 aromatic heterocycles. The van der Waals surface area contributed by atoms with E-state index in [1.165, 1.54) is 0 Å². The Morgan fingerprint density at radius 3 is 2.19 bits per heavy atom. The van der Waals surface area contributed by atoms with E-state index in [0.717, 1.165) is 5.56 Å². The van der Waals surface area contributed by atoms with Gasteiger partial charge in [0.1, 0.15) is 0 Å². The van der Waals surface area contributed by atoms with E-state index in [2.05, 4.69) is 10.6 Å². The lowest BCUT2D eigenvalue weighted by atomic mass is 10.1. The minimum absolute atomic E-state index is 0.119. The molecule has 0 spiro atoms. The lowest BCUT2D eigenvalue weighted by molar-refractivity contribution is -0.115. The van der Waals surface area contributed by atoms with Crippen LogP contribution in [-0.4, -0.2) is 11.8 Å². The Morgan fingerprint density at radius 1 is 0.815 bits per heavy atom. The van der Waals surface area contributed by atoms with E-state index >= 15 is 0 Å². The van der Waals surface area contributed by atoms with E-state index in [0.29, 0.717) is 27.0 Å². The van der Waals surface area contributed by atoms with Gasteiger partial charge in [-0.1, -0.05) is 53.5 Å². The van der Waals surface area contributed by atoms with Crippen LogP contribution in [0.3, 0.4) is 0 Å². The summed E-state index contributed by atoms with van der Waals surface area (Å²) in [6.07, 6.45) is 0.290. The molecule has 2 N–H and O–H groups in total. The molecule has 0 aliphatic heterocycles. The molecule has 0 aliphatic carbocycles. The van der Waals surface area contributed by atoms with Gasteiger partial charge in [-0.2, -0.15) is 0 Å². The van der Waals surface area contributed by atoms with Crippen molar-refractivity contribution in [3.05, 3.63) is 94.0 Å². The zero-order chi connectivity index (χ0) is 19.2. The largest absolute Gasteiger partial charge is 0.326 e. The molecule has 136 valence electrons. The molecule has 4 nitrogen and oxygen atoms in total. The molecule has 0 radical (unpaired) electrons. The van der Waals surface area contributed by atoms with Gasteiger partial charge < -0.3 is 10.6 Å². The molecule has 0 saturated heterocycles. The molecular formula is C21H16Cl2N2O2. The normalized spacial score (nSPS) is 10.3. The highest BCUT2D eigenvalue weighted by molar-refractivity contribution is 6.36. The second-order valence-corrected chi connectivity index (χ2v) is 6.71. The molecule has 6 heteroatoms. The smallest absolute Gasteiger partial charge is 0.255 e. The Hall–Kier alpha value is -2.82. The second kappa shape index (κ2) is 8.71. The third kappa shape index (κ3) is 5.33. The van der Waals surface area contributed by atoms with E-state index in [9.17, 15) is 9.59 Å². The quantitative estimate of drug-likeness (QED) is 0.601. The zero-order valence-corrected chi connectivity index (χ0v) is 15.7. The van der Waals surface area contributed by atoms with Gasteiger partial charge >= 0.3 is 0 Å². The SMILES string of the molecule is O=C(Cc1ccccc1)Nc1ccc(C(=O)Nc2ccc(Cl)cc2Cl)cc1. The van der Waals surface area contributed by atoms with Crippen molar-refractivity contribution in [2.75, 3.05) is 10.6 Å². The molecule has 0 saturated carbocycles. The van der Waals surface area contributed by atoms with Crippen molar-refractivity contribution in [2.45, 2.75) is 6.42 Å². The van der Waals surface area contributed by atoms with Crippen LogP contribution in [0.15, 0.2) is 72.8 Å². The van der Waals surface area contributed by atoms with Gasteiger partial charge in [0.05, 0.1) is 17.1 Å². The maximum atomic E-state index is 12.3. The van der Waals surface area contributed by atoms with Gasteiger partial charge in [-0.3, -0.25) is 9.59 Å². The number of nitrogens with one attached hydrogen (secondary N) is 2. The molecule has 0 bridgehead atoms. The van der Waals surface area contributed by atoms with Crippen LogP contribution < -0.4 is 10.6 Å².